The molecule has 1 saturated heterocycles. The van der Waals surface area contributed by atoms with Gasteiger partial charge in [-0.15, -0.1) is 0 Å². The molecule has 0 unspecified atom stereocenters. The second-order valence-corrected chi connectivity index (χ2v) is 7.98. The summed E-state index contributed by atoms with van der Waals surface area (Å²) in [5.41, 5.74) is 3.37. The van der Waals surface area contributed by atoms with Crippen LogP contribution in [-0.4, -0.2) is 26.7 Å². The van der Waals surface area contributed by atoms with Crippen LogP contribution >= 0.6 is 0 Å². The van der Waals surface area contributed by atoms with Gasteiger partial charge in [-0.05, 0) is 28.7 Å². The Kier molecular flexibility index (Phi) is 5.67. The number of aliphatic hydroxyl groups excluding tert-OH is 1. The van der Waals surface area contributed by atoms with E-state index in [1.54, 1.807) is 42.7 Å². The minimum absolute atomic E-state index is 0.109. The summed E-state index contributed by atoms with van der Waals surface area (Å²) in [6.45, 7) is 4.44. The maximum absolute atomic E-state index is 13.1. The summed E-state index contributed by atoms with van der Waals surface area (Å²) in [6, 6.07) is 19.7. The molecule has 1 fully saturated rings. The zero-order chi connectivity index (χ0) is 22.0. The number of likely N-dealkylation sites (tertiary alicyclic amines) is 1. The molecule has 1 amide bonds. The van der Waals surface area contributed by atoms with E-state index in [4.69, 9.17) is 0 Å². The summed E-state index contributed by atoms with van der Waals surface area (Å²) in [5, 5.41) is 11.0. The van der Waals surface area contributed by atoms with E-state index in [0.717, 1.165) is 16.7 Å². The average molecular weight is 412 g/mol. The smallest absolute Gasteiger partial charge is 0.295 e. The van der Waals surface area contributed by atoms with Gasteiger partial charge in [-0.1, -0.05) is 74.5 Å². The van der Waals surface area contributed by atoms with Gasteiger partial charge in [0.1, 0.15) is 5.76 Å². The lowest BCUT2D eigenvalue weighted by molar-refractivity contribution is -0.140. The van der Waals surface area contributed by atoms with Crippen molar-refractivity contribution >= 4 is 17.4 Å². The van der Waals surface area contributed by atoms with Crippen LogP contribution in [0.5, 0.6) is 0 Å². The van der Waals surface area contributed by atoms with Crippen molar-refractivity contribution in [3.63, 3.8) is 0 Å². The number of rotatable bonds is 5. The molecule has 31 heavy (non-hydrogen) atoms. The van der Waals surface area contributed by atoms with Crippen molar-refractivity contribution in [1.29, 1.82) is 0 Å². The molecule has 1 atom stereocenters. The lowest BCUT2D eigenvalue weighted by Gasteiger charge is -2.25. The van der Waals surface area contributed by atoms with Crippen molar-refractivity contribution in [2.24, 2.45) is 0 Å². The molecule has 5 nitrogen and oxygen atoms in total. The second-order valence-electron chi connectivity index (χ2n) is 7.98. The van der Waals surface area contributed by atoms with Crippen molar-refractivity contribution in [2.75, 3.05) is 0 Å². The van der Waals surface area contributed by atoms with Gasteiger partial charge >= 0.3 is 0 Å². The van der Waals surface area contributed by atoms with E-state index in [1.807, 2.05) is 36.4 Å². The van der Waals surface area contributed by atoms with Gasteiger partial charge in [-0.3, -0.25) is 14.6 Å². The maximum Gasteiger partial charge on any atom is 0.295 e. The first-order chi connectivity index (χ1) is 15.0. The Balaban J connectivity index is 1.84. The highest BCUT2D eigenvalue weighted by Crippen LogP contribution is 2.40. The summed E-state index contributed by atoms with van der Waals surface area (Å²) < 4.78 is 0. The molecule has 0 bridgehead atoms. The highest BCUT2D eigenvalue weighted by molar-refractivity contribution is 6.46. The third-order valence-corrected chi connectivity index (χ3v) is 5.58. The highest BCUT2D eigenvalue weighted by Gasteiger charge is 2.46. The van der Waals surface area contributed by atoms with Crippen LogP contribution in [0, 0.1) is 0 Å². The summed E-state index contributed by atoms with van der Waals surface area (Å²) in [6.07, 6.45) is 3.34. The Labute approximate surface area is 181 Å². The molecule has 0 aliphatic carbocycles. The van der Waals surface area contributed by atoms with Gasteiger partial charge in [-0.2, -0.15) is 0 Å². The summed E-state index contributed by atoms with van der Waals surface area (Å²) in [4.78, 5) is 31.7. The van der Waals surface area contributed by atoms with Crippen molar-refractivity contribution < 1.29 is 14.7 Å². The predicted octanol–water partition coefficient (Wildman–Crippen LogP) is 4.83. The molecule has 0 saturated carbocycles. The molecule has 156 valence electrons. The summed E-state index contributed by atoms with van der Waals surface area (Å²) in [7, 11) is 0. The molecule has 4 rings (SSSR count). The summed E-state index contributed by atoms with van der Waals surface area (Å²) in [5.74, 6) is -1.10. The summed E-state index contributed by atoms with van der Waals surface area (Å²) >= 11 is 0. The normalized spacial score (nSPS) is 18.0. The molecule has 1 aliphatic rings. The zero-order valence-corrected chi connectivity index (χ0v) is 17.5. The van der Waals surface area contributed by atoms with Crippen LogP contribution in [0.4, 0.5) is 0 Å². The number of Topliss-reactive ketones (excluding diaryl/α,β-unsaturated/α-hetero) is 1. The van der Waals surface area contributed by atoms with Gasteiger partial charge in [0.2, 0.25) is 0 Å². The Morgan fingerprint density at radius 3 is 2.32 bits per heavy atom. The third kappa shape index (κ3) is 3.99. The largest absolute Gasteiger partial charge is 0.507 e. The van der Waals surface area contributed by atoms with Crippen molar-refractivity contribution in [3.05, 3.63) is 107 Å². The van der Waals surface area contributed by atoms with Crippen molar-refractivity contribution in [1.82, 2.24) is 9.88 Å². The number of aromatic nitrogens is 1. The molecule has 1 aliphatic heterocycles. The number of ketones is 1. The Bertz CT molecular complexity index is 1120. The second kappa shape index (κ2) is 8.56. The SMILES string of the molecule is CC(C)c1ccc([C@H]2C(=C(O)c3ccccc3)C(=O)C(=O)N2Cc2cccnc2)cc1. The van der Waals surface area contributed by atoms with Crippen molar-refractivity contribution in [3.8, 4) is 0 Å². The van der Waals surface area contributed by atoms with Gasteiger partial charge in [0, 0.05) is 24.5 Å². The standard InChI is InChI=1S/C26H24N2O3/c1-17(2)19-10-12-20(13-11-19)23-22(24(29)21-8-4-3-5-9-21)25(30)26(31)28(23)16-18-7-6-14-27-15-18/h3-15,17,23,29H,16H2,1-2H3/t23-/m0/s1. The number of benzene rings is 2. The monoisotopic (exact) mass is 412 g/mol. The van der Waals surface area contributed by atoms with Crippen LogP contribution in [0.1, 0.15) is 48.1 Å². The zero-order valence-electron chi connectivity index (χ0n) is 17.5. The van der Waals surface area contributed by atoms with Crippen LogP contribution in [0.2, 0.25) is 0 Å². The molecule has 5 heteroatoms. The molecule has 0 spiro atoms. The molecule has 1 aromatic heterocycles. The first kappa shape index (κ1) is 20.5. The number of amides is 1. The first-order valence-corrected chi connectivity index (χ1v) is 10.3. The van der Waals surface area contributed by atoms with E-state index >= 15 is 0 Å². The molecule has 1 N–H and O–H groups in total. The molecule has 2 heterocycles. The van der Waals surface area contributed by atoms with Gasteiger partial charge in [-0.25, -0.2) is 0 Å². The fourth-order valence-electron chi connectivity index (χ4n) is 3.89. The van der Waals surface area contributed by atoms with Gasteiger partial charge < -0.3 is 10.0 Å². The highest BCUT2D eigenvalue weighted by atomic mass is 16.3. The number of hydrogen-bond acceptors (Lipinski definition) is 4. The Morgan fingerprint density at radius 1 is 1.00 bits per heavy atom. The van der Waals surface area contributed by atoms with E-state index in [1.165, 1.54) is 4.90 Å². The molecule has 2 aromatic carbocycles. The lowest BCUT2D eigenvalue weighted by atomic mass is 9.93. The minimum Gasteiger partial charge on any atom is -0.507 e. The van der Waals surface area contributed by atoms with E-state index in [2.05, 4.69) is 18.8 Å². The van der Waals surface area contributed by atoms with E-state index in [9.17, 15) is 14.7 Å². The van der Waals surface area contributed by atoms with Crippen LogP contribution in [0.15, 0.2) is 84.7 Å². The number of aliphatic hydroxyl groups is 1. The molecular weight excluding hydrogens is 388 g/mol. The Hall–Kier alpha value is -3.73. The fourth-order valence-corrected chi connectivity index (χ4v) is 3.89. The number of hydrogen-bond donors (Lipinski definition) is 1. The molecule has 3 aromatic rings. The third-order valence-electron chi connectivity index (χ3n) is 5.58. The molecule has 0 radical (unpaired) electrons. The number of carbonyl (C=O) groups excluding carboxylic acids is 2. The lowest BCUT2D eigenvalue weighted by Crippen LogP contribution is -2.29. The maximum atomic E-state index is 13.1. The average Bonchev–Trinajstić information content (AvgIpc) is 3.05. The number of nitrogens with zero attached hydrogens (tertiary/aromatic N) is 2. The minimum atomic E-state index is -0.679. The predicted molar refractivity (Wildman–Crippen MR) is 119 cm³/mol. The van der Waals surface area contributed by atoms with E-state index in [-0.39, 0.29) is 17.9 Å². The van der Waals surface area contributed by atoms with Gasteiger partial charge in [0.15, 0.2) is 0 Å². The number of pyridine rings is 1. The van der Waals surface area contributed by atoms with E-state index < -0.39 is 17.7 Å². The van der Waals surface area contributed by atoms with Gasteiger partial charge in [0.05, 0.1) is 11.6 Å². The molecular formula is C26H24N2O3. The first-order valence-electron chi connectivity index (χ1n) is 10.3. The van der Waals surface area contributed by atoms with Crippen LogP contribution in [0.3, 0.4) is 0 Å². The fraction of sp³-hybridized carbons (Fsp3) is 0.192. The Morgan fingerprint density at radius 2 is 1.71 bits per heavy atom. The van der Waals surface area contributed by atoms with Gasteiger partial charge in [0.25, 0.3) is 11.7 Å². The quantitative estimate of drug-likeness (QED) is 0.370. The van der Waals surface area contributed by atoms with Crippen LogP contribution in [-0.2, 0) is 16.1 Å². The van der Waals surface area contributed by atoms with Crippen LogP contribution in [0.25, 0.3) is 5.76 Å². The van der Waals surface area contributed by atoms with Crippen molar-refractivity contribution in [2.45, 2.75) is 32.4 Å². The number of carbonyl (C=O) groups is 2. The topological polar surface area (TPSA) is 70.5 Å². The van der Waals surface area contributed by atoms with E-state index in [0.29, 0.717) is 11.5 Å². The van der Waals surface area contributed by atoms with Crippen LogP contribution < -0.4 is 0 Å².